The average Bonchev–Trinajstić information content (AvgIpc) is 2.60. The summed E-state index contributed by atoms with van der Waals surface area (Å²) in [4.78, 5) is 14.4. The molecule has 20 heavy (non-hydrogen) atoms. The van der Waals surface area contributed by atoms with Crippen molar-refractivity contribution in [3.8, 4) is 0 Å². The van der Waals surface area contributed by atoms with Crippen molar-refractivity contribution in [2.75, 3.05) is 24.6 Å². The summed E-state index contributed by atoms with van der Waals surface area (Å²) in [6.07, 6.45) is 0. The van der Waals surface area contributed by atoms with Crippen molar-refractivity contribution in [1.29, 1.82) is 0 Å². The molecule has 1 aliphatic heterocycles. The third-order valence-electron chi connectivity index (χ3n) is 4.23. The number of sulfone groups is 1. The molecule has 1 aromatic heterocycles. The summed E-state index contributed by atoms with van der Waals surface area (Å²) in [5.74, 6) is 0.363. The Morgan fingerprint density at radius 3 is 2.55 bits per heavy atom. The van der Waals surface area contributed by atoms with Gasteiger partial charge in [0, 0.05) is 36.6 Å². The lowest BCUT2D eigenvalue weighted by atomic mass is 10.1. The van der Waals surface area contributed by atoms with Gasteiger partial charge in [-0.3, -0.25) is 9.69 Å². The zero-order chi connectivity index (χ0) is 15.1. The second-order valence-electron chi connectivity index (χ2n) is 5.70. The van der Waals surface area contributed by atoms with Crippen LogP contribution in [0.4, 0.5) is 0 Å². The van der Waals surface area contributed by atoms with E-state index >= 15 is 0 Å². The number of aromatic nitrogens is 1. The number of aryl methyl sites for hydroxylation is 1. The van der Waals surface area contributed by atoms with Gasteiger partial charge in [-0.1, -0.05) is 0 Å². The molecule has 1 aliphatic rings. The largest absolute Gasteiger partial charge is 0.351 e. The van der Waals surface area contributed by atoms with E-state index in [1.807, 2.05) is 43.4 Å². The first-order valence-corrected chi connectivity index (χ1v) is 8.64. The molecule has 0 aliphatic carbocycles. The molecule has 1 saturated heterocycles. The zero-order valence-electron chi connectivity index (χ0n) is 12.5. The zero-order valence-corrected chi connectivity index (χ0v) is 13.3. The Balaban J connectivity index is 2.10. The van der Waals surface area contributed by atoms with Crippen LogP contribution in [-0.4, -0.2) is 54.3 Å². The lowest BCUT2D eigenvalue weighted by molar-refractivity contribution is 0.0908. The van der Waals surface area contributed by atoms with Crippen LogP contribution < -0.4 is 0 Å². The number of nitrogens with zero attached hydrogens (tertiary/aromatic N) is 2. The van der Waals surface area contributed by atoms with Crippen LogP contribution in [0.25, 0.3) is 0 Å². The Morgan fingerprint density at radius 2 is 2.05 bits per heavy atom. The minimum atomic E-state index is -2.93. The van der Waals surface area contributed by atoms with Crippen molar-refractivity contribution in [2.24, 2.45) is 7.05 Å². The minimum absolute atomic E-state index is 0.0670. The molecule has 0 bridgehead atoms. The summed E-state index contributed by atoms with van der Waals surface area (Å²) in [6.45, 7) is 6.51. The fourth-order valence-electron chi connectivity index (χ4n) is 2.68. The summed E-state index contributed by atoms with van der Waals surface area (Å²) in [6, 6.07) is 1.81. The van der Waals surface area contributed by atoms with E-state index in [4.69, 9.17) is 0 Å². The first kappa shape index (κ1) is 15.3. The third-order valence-corrected chi connectivity index (χ3v) is 6.03. The maximum Gasteiger partial charge on any atom is 0.178 e. The normalized spacial score (nSPS) is 22.9. The fourth-order valence-corrected chi connectivity index (χ4v) is 4.30. The van der Waals surface area contributed by atoms with Gasteiger partial charge in [0.15, 0.2) is 15.6 Å². The van der Waals surface area contributed by atoms with Gasteiger partial charge in [-0.25, -0.2) is 8.42 Å². The highest BCUT2D eigenvalue weighted by Gasteiger charge is 2.29. The molecule has 1 unspecified atom stereocenters. The summed E-state index contributed by atoms with van der Waals surface area (Å²) in [7, 11) is -0.991. The molecule has 0 amide bonds. The number of hydrogen-bond donors (Lipinski definition) is 0. The minimum Gasteiger partial charge on any atom is -0.351 e. The Kier molecular flexibility index (Phi) is 4.07. The first-order valence-electron chi connectivity index (χ1n) is 6.82. The van der Waals surface area contributed by atoms with Gasteiger partial charge in [0.2, 0.25) is 0 Å². The average molecular weight is 298 g/mol. The van der Waals surface area contributed by atoms with Gasteiger partial charge >= 0.3 is 0 Å². The van der Waals surface area contributed by atoms with E-state index < -0.39 is 9.84 Å². The smallest absolute Gasteiger partial charge is 0.178 e. The molecular weight excluding hydrogens is 276 g/mol. The van der Waals surface area contributed by atoms with Gasteiger partial charge in [-0.05, 0) is 26.8 Å². The molecule has 6 heteroatoms. The number of Topliss-reactive ketones (excluding diaryl/α,β-unsaturated/α-hetero) is 1. The van der Waals surface area contributed by atoms with Gasteiger partial charge in [0.1, 0.15) is 0 Å². The van der Waals surface area contributed by atoms with E-state index in [0.717, 1.165) is 17.0 Å². The molecule has 0 N–H and O–H groups in total. The standard InChI is InChI=1S/C14H22N2O3S/c1-10-7-13(12(3)15(10)4)14(17)8-16-5-6-20(18,19)9-11(16)2/h7,11H,5-6,8-9H2,1-4H3. The molecule has 0 spiro atoms. The molecule has 1 aromatic rings. The fraction of sp³-hybridized carbons (Fsp3) is 0.643. The van der Waals surface area contributed by atoms with Crippen LogP contribution in [0.15, 0.2) is 6.07 Å². The Labute approximate surface area is 120 Å². The van der Waals surface area contributed by atoms with E-state index in [0.29, 0.717) is 13.1 Å². The van der Waals surface area contributed by atoms with Crippen molar-refractivity contribution in [1.82, 2.24) is 9.47 Å². The van der Waals surface area contributed by atoms with E-state index in [9.17, 15) is 13.2 Å². The van der Waals surface area contributed by atoms with Crippen molar-refractivity contribution < 1.29 is 13.2 Å². The van der Waals surface area contributed by atoms with Gasteiger partial charge in [0.25, 0.3) is 0 Å². The predicted octanol–water partition coefficient (Wildman–Crippen LogP) is 0.944. The molecule has 0 saturated carbocycles. The highest BCUT2D eigenvalue weighted by atomic mass is 32.2. The second-order valence-corrected chi connectivity index (χ2v) is 7.93. The highest BCUT2D eigenvalue weighted by Crippen LogP contribution is 2.17. The second kappa shape index (κ2) is 5.33. The lowest BCUT2D eigenvalue weighted by Crippen LogP contribution is -2.48. The lowest BCUT2D eigenvalue weighted by Gasteiger charge is -2.32. The maximum atomic E-state index is 12.4. The van der Waals surface area contributed by atoms with Crippen molar-refractivity contribution in [2.45, 2.75) is 26.8 Å². The van der Waals surface area contributed by atoms with Crippen LogP contribution in [0.1, 0.15) is 28.7 Å². The van der Waals surface area contributed by atoms with Gasteiger partial charge in [0.05, 0.1) is 18.1 Å². The molecule has 112 valence electrons. The van der Waals surface area contributed by atoms with Gasteiger partial charge in [-0.15, -0.1) is 0 Å². The molecule has 1 fully saturated rings. The number of ketones is 1. The van der Waals surface area contributed by atoms with Gasteiger partial charge < -0.3 is 4.57 Å². The van der Waals surface area contributed by atoms with Crippen molar-refractivity contribution in [3.05, 3.63) is 23.0 Å². The third kappa shape index (κ3) is 2.96. The first-order chi connectivity index (χ1) is 9.21. The van der Waals surface area contributed by atoms with Crippen LogP contribution in [-0.2, 0) is 16.9 Å². The highest BCUT2D eigenvalue weighted by molar-refractivity contribution is 7.91. The van der Waals surface area contributed by atoms with Gasteiger partial charge in [-0.2, -0.15) is 0 Å². The predicted molar refractivity (Wildman–Crippen MR) is 78.9 cm³/mol. The molecule has 5 nitrogen and oxygen atoms in total. The van der Waals surface area contributed by atoms with Crippen molar-refractivity contribution in [3.63, 3.8) is 0 Å². The molecule has 1 atom stereocenters. The van der Waals surface area contributed by atoms with Crippen LogP contribution in [0.3, 0.4) is 0 Å². The number of hydrogen-bond acceptors (Lipinski definition) is 4. The summed E-state index contributed by atoms with van der Waals surface area (Å²) >= 11 is 0. The van der Waals surface area contributed by atoms with E-state index in [2.05, 4.69) is 0 Å². The van der Waals surface area contributed by atoms with Crippen LogP contribution in [0.5, 0.6) is 0 Å². The molecule has 2 heterocycles. The molecule has 0 radical (unpaired) electrons. The Hall–Kier alpha value is -1.14. The van der Waals surface area contributed by atoms with Crippen LogP contribution in [0.2, 0.25) is 0 Å². The summed E-state index contributed by atoms with van der Waals surface area (Å²) < 4.78 is 25.1. The van der Waals surface area contributed by atoms with E-state index in [1.165, 1.54) is 0 Å². The monoisotopic (exact) mass is 298 g/mol. The Bertz CT molecular complexity index is 631. The SMILES string of the molecule is Cc1cc(C(=O)CN2CCS(=O)(=O)CC2C)c(C)n1C. The quantitative estimate of drug-likeness (QED) is 0.779. The summed E-state index contributed by atoms with van der Waals surface area (Å²) in [5.41, 5.74) is 2.76. The number of rotatable bonds is 3. The summed E-state index contributed by atoms with van der Waals surface area (Å²) in [5, 5.41) is 0. The van der Waals surface area contributed by atoms with Crippen LogP contribution >= 0.6 is 0 Å². The Morgan fingerprint density at radius 1 is 1.40 bits per heavy atom. The van der Waals surface area contributed by atoms with Crippen molar-refractivity contribution >= 4 is 15.6 Å². The van der Waals surface area contributed by atoms with Crippen LogP contribution in [0, 0.1) is 13.8 Å². The molecule has 0 aromatic carbocycles. The molecule has 2 rings (SSSR count). The topological polar surface area (TPSA) is 59.4 Å². The van der Waals surface area contributed by atoms with E-state index in [-0.39, 0.29) is 23.3 Å². The maximum absolute atomic E-state index is 12.4. The van der Waals surface area contributed by atoms with E-state index in [1.54, 1.807) is 0 Å². The number of carbonyl (C=O) groups is 1. The molecular formula is C14H22N2O3S. The number of carbonyl (C=O) groups excluding carboxylic acids is 1.